The monoisotopic (exact) mass is 232 g/mol. The van der Waals surface area contributed by atoms with E-state index < -0.39 is 0 Å². The van der Waals surface area contributed by atoms with E-state index in [1.807, 2.05) is 0 Å². The molecule has 1 fully saturated rings. The van der Waals surface area contributed by atoms with Crippen LogP contribution in [0.4, 0.5) is 0 Å². The lowest BCUT2D eigenvalue weighted by molar-refractivity contribution is 0.419. The van der Waals surface area contributed by atoms with Gasteiger partial charge in [0.25, 0.3) is 5.89 Å². The highest BCUT2D eigenvalue weighted by atomic mass is 16.5. The van der Waals surface area contributed by atoms with Crippen LogP contribution in [-0.2, 0) is 6.42 Å². The molecule has 0 saturated heterocycles. The Morgan fingerprint density at radius 1 is 1.18 bits per heavy atom. The number of hydrogen-bond acceptors (Lipinski definition) is 5. The van der Waals surface area contributed by atoms with E-state index in [0.717, 1.165) is 6.42 Å². The maximum atomic E-state index is 9.37. The predicted molar refractivity (Wildman–Crippen MR) is 59.5 cm³/mol. The Morgan fingerprint density at radius 2 is 1.88 bits per heavy atom. The topological polar surface area (TPSA) is 79.4 Å². The van der Waals surface area contributed by atoms with Gasteiger partial charge >= 0.3 is 0 Å². The summed E-state index contributed by atoms with van der Waals surface area (Å²) in [5.74, 6) is 1.65. The van der Waals surface area contributed by atoms with Crippen LogP contribution in [0.3, 0.4) is 0 Å². The van der Waals surface area contributed by atoms with Crippen molar-refractivity contribution in [1.82, 2.24) is 10.1 Å². The summed E-state index contributed by atoms with van der Waals surface area (Å²) in [4.78, 5) is 4.24. The van der Waals surface area contributed by atoms with Gasteiger partial charge in [0.1, 0.15) is 11.5 Å². The highest BCUT2D eigenvalue weighted by Crippen LogP contribution is 2.33. The van der Waals surface area contributed by atoms with Crippen molar-refractivity contribution in [1.29, 1.82) is 0 Å². The second-order valence-corrected chi connectivity index (χ2v) is 4.40. The van der Waals surface area contributed by atoms with Crippen molar-refractivity contribution in [2.24, 2.45) is 5.92 Å². The molecule has 17 heavy (non-hydrogen) atoms. The zero-order valence-corrected chi connectivity index (χ0v) is 9.13. The number of benzene rings is 1. The van der Waals surface area contributed by atoms with Crippen LogP contribution in [0.5, 0.6) is 11.5 Å². The van der Waals surface area contributed by atoms with Gasteiger partial charge in [-0.05, 0) is 30.9 Å². The third-order valence-corrected chi connectivity index (χ3v) is 2.79. The fourth-order valence-electron chi connectivity index (χ4n) is 1.75. The minimum Gasteiger partial charge on any atom is -0.508 e. The second-order valence-electron chi connectivity index (χ2n) is 4.40. The lowest BCUT2D eigenvalue weighted by atomic mass is 10.2. The largest absolute Gasteiger partial charge is 0.508 e. The molecule has 88 valence electrons. The molecule has 1 saturated carbocycles. The van der Waals surface area contributed by atoms with E-state index >= 15 is 0 Å². The van der Waals surface area contributed by atoms with Gasteiger partial charge in [-0.2, -0.15) is 4.98 Å². The Kier molecular flexibility index (Phi) is 2.24. The predicted octanol–water partition coefficient (Wildman–Crippen LogP) is 2.10. The number of phenols is 2. The minimum absolute atomic E-state index is 0.0260. The fourth-order valence-corrected chi connectivity index (χ4v) is 1.75. The molecule has 1 heterocycles. The molecule has 1 aromatic carbocycles. The van der Waals surface area contributed by atoms with E-state index in [-0.39, 0.29) is 11.5 Å². The summed E-state index contributed by atoms with van der Waals surface area (Å²) in [5, 5.41) is 22.6. The first-order chi connectivity index (χ1) is 8.20. The molecule has 1 aliphatic carbocycles. The maximum absolute atomic E-state index is 9.37. The summed E-state index contributed by atoms with van der Waals surface area (Å²) in [5.41, 5.74) is 0.525. The Bertz CT molecular complexity index is 526. The van der Waals surface area contributed by atoms with Crippen molar-refractivity contribution in [2.75, 3.05) is 0 Å². The fraction of sp³-hybridized carbons (Fsp3) is 0.333. The highest BCUT2D eigenvalue weighted by molar-refractivity contribution is 5.58. The van der Waals surface area contributed by atoms with E-state index in [9.17, 15) is 10.2 Å². The van der Waals surface area contributed by atoms with Crippen LogP contribution in [0.2, 0.25) is 0 Å². The first-order valence-corrected chi connectivity index (χ1v) is 5.57. The van der Waals surface area contributed by atoms with Crippen LogP contribution >= 0.6 is 0 Å². The summed E-state index contributed by atoms with van der Waals surface area (Å²) in [7, 11) is 0. The van der Waals surface area contributed by atoms with Gasteiger partial charge in [-0.1, -0.05) is 5.16 Å². The van der Waals surface area contributed by atoms with Gasteiger partial charge in [-0.25, -0.2) is 0 Å². The molecular formula is C12H12N2O3. The Labute approximate surface area is 97.7 Å². The normalized spacial score (nSPS) is 15.1. The first-order valence-electron chi connectivity index (χ1n) is 5.57. The van der Waals surface area contributed by atoms with Gasteiger partial charge in [-0.3, -0.25) is 0 Å². The molecule has 1 aliphatic rings. The highest BCUT2D eigenvalue weighted by Gasteiger charge is 2.24. The molecule has 3 rings (SSSR count). The zero-order valence-electron chi connectivity index (χ0n) is 9.13. The number of aromatic hydroxyl groups is 2. The Morgan fingerprint density at radius 3 is 2.53 bits per heavy atom. The molecular weight excluding hydrogens is 220 g/mol. The molecule has 0 amide bonds. The summed E-state index contributed by atoms with van der Waals surface area (Å²) in [6.45, 7) is 0. The number of hydrogen-bond donors (Lipinski definition) is 2. The number of phenolic OH excluding ortho intramolecular Hbond substituents is 2. The third kappa shape index (κ3) is 2.22. The molecule has 5 heteroatoms. The summed E-state index contributed by atoms with van der Waals surface area (Å²) >= 11 is 0. The molecule has 0 spiro atoms. The SMILES string of the molecule is Oc1cc(O)cc(-c2nc(CC3CC3)no2)c1. The summed E-state index contributed by atoms with van der Waals surface area (Å²) in [6, 6.07) is 4.22. The van der Waals surface area contributed by atoms with Crippen LogP contribution in [0.1, 0.15) is 18.7 Å². The average Bonchev–Trinajstić information content (AvgIpc) is 2.93. The van der Waals surface area contributed by atoms with Crippen molar-refractivity contribution >= 4 is 0 Å². The van der Waals surface area contributed by atoms with Gasteiger partial charge < -0.3 is 14.7 Å². The van der Waals surface area contributed by atoms with E-state index in [4.69, 9.17) is 4.52 Å². The van der Waals surface area contributed by atoms with Gasteiger partial charge in [-0.15, -0.1) is 0 Å². The first kappa shape index (κ1) is 10.1. The van der Waals surface area contributed by atoms with Crippen LogP contribution in [0, 0.1) is 5.92 Å². The second kappa shape index (κ2) is 3.76. The van der Waals surface area contributed by atoms with Gasteiger partial charge in [0, 0.05) is 18.1 Å². The van der Waals surface area contributed by atoms with Crippen molar-refractivity contribution in [3.05, 3.63) is 24.0 Å². The molecule has 0 unspecified atom stereocenters. The van der Waals surface area contributed by atoms with Crippen LogP contribution in [0.15, 0.2) is 22.7 Å². The summed E-state index contributed by atoms with van der Waals surface area (Å²) < 4.78 is 5.11. The quantitative estimate of drug-likeness (QED) is 0.847. The maximum Gasteiger partial charge on any atom is 0.258 e. The number of aromatic nitrogens is 2. The molecule has 0 radical (unpaired) electrons. The Hall–Kier alpha value is -2.04. The molecule has 0 atom stereocenters. The standard InChI is InChI=1S/C12H12N2O3/c15-9-4-8(5-10(16)6-9)12-13-11(14-17-12)3-7-1-2-7/h4-7,15-16H,1-3H2. The summed E-state index contributed by atoms with van der Waals surface area (Å²) in [6.07, 6.45) is 3.31. The van der Waals surface area contributed by atoms with Crippen LogP contribution in [-0.4, -0.2) is 20.4 Å². The molecule has 2 N–H and O–H groups in total. The third-order valence-electron chi connectivity index (χ3n) is 2.79. The van der Waals surface area contributed by atoms with Crippen molar-refractivity contribution in [2.45, 2.75) is 19.3 Å². The molecule has 1 aromatic heterocycles. The average molecular weight is 232 g/mol. The van der Waals surface area contributed by atoms with Gasteiger partial charge in [0.05, 0.1) is 0 Å². The van der Waals surface area contributed by atoms with E-state index in [1.165, 1.54) is 31.0 Å². The van der Waals surface area contributed by atoms with Crippen molar-refractivity contribution in [3.8, 4) is 23.0 Å². The van der Waals surface area contributed by atoms with E-state index in [0.29, 0.717) is 23.2 Å². The van der Waals surface area contributed by atoms with Crippen molar-refractivity contribution < 1.29 is 14.7 Å². The van der Waals surface area contributed by atoms with E-state index in [2.05, 4.69) is 10.1 Å². The molecule has 2 aromatic rings. The molecule has 5 nitrogen and oxygen atoms in total. The minimum atomic E-state index is -0.0260. The van der Waals surface area contributed by atoms with Crippen LogP contribution < -0.4 is 0 Å². The van der Waals surface area contributed by atoms with Gasteiger partial charge in [0.15, 0.2) is 5.82 Å². The lowest BCUT2D eigenvalue weighted by Gasteiger charge is -1.97. The Balaban J connectivity index is 1.88. The zero-order chi connectivity index (χ0) is 11.8. The van der Waals surface area contributed by atoms with Gasteiger partial charge in [0.2, 0.25) is 0 Å². The lowest BCUT2D eigenvalue weighted by Crippen LogP contribution is -1.89. The van der Waals surface area contributed by atoms with Crippen molar-refractivity contribution in [3.63, 3.8) is 0 Å². The van der Waals surface area contributed by atoms with Crippen LogP contribution in [0.25, 0.3) is 11.5 Å². The number of nitrogens with zero attached hydrogens (tertiary/aromatic N) is 2. The molecule has 0 aliphatic heterocycles. The number of rotatable bonds is 3. The smallest absolute Gasteiger partial charge is 0.258 e. The molecule has 0 bridgehead atoms. The van der Waals surface area contributed by atoms with E-state index in [1.54, 1.807) is 0 Å².